The zero-order chi connectivity index (χ0) is 11.8. The second kappa shape index (κ2) is 7.00. The number of hydrogen-bond donors (Lipinski definition) is 1. The molecule has 0 aliphatic rings. The quantitative estimate of drug-likeness (QED) is 0.706. The lowest BCUT2D eigenvalue weighted by atomic mass is 10.3. The van der Waals surface area contributed by atoms with Gasteiger partial charge in [-0.05, 0) is 33.5 Å². The molecule has 1 heterocycles. The van der Waals surface area contributed by atoms with Gasteiger partial charge in [-0.15, -0.1) is 0 Å². The molecule has 0 bridgehead atoms. The summed E-state index contributed by atoms with van der Waals surface area (Å²) in [5, 5.41) is 3.17. The first kappa shape index (κ1) is 12.7. The molecule has 1 rings (SSSR count). The maximum absolute atomic E-state index is 5.02. The minimum atomic E-state index is 0.589. The van der Waals surface area contributed by atoms with Crippen LogP contribution < -0.4 is 10.1 Å². The Morgan fingerprint density at radius 2 is 2.19 bits per heavy atom. The highest BCUT2D eigenvalue weighted by Gasteiger charge is 1.97. The minimum Gasteiger partial charge on any atom is -0.481 e. The molecule has 0 amide bonds. The molecule has 0 unspecified atom stereocenters. The molecule has 16 heavy (non-hydrogen) atoms. The Labute approximate surface area is 96.8 Å². The molecule has 1 aromatic rings. The number of nitrogens with one attached hydrogen (secondary N) is 1. The molecule has 90 valence electrons. The number of hydrogen-bond acceptors (Lipinski definition) is 5. The molecule has 0 aromatic carbocycles. The topological polar surface area (TPSA) is 50.3 Å². The number of aromatic nitrogens is 2. The second-order valence-corrected chi connectivity index (χ2v) is 3.86. The highest BCUT2D eigenvalue weighted by Crippen LogP contribution is 2.07. The molecule has 0 radical (unpaired) electrons. The summed E-state index contributed by atoms with van der Waals surface area (Å²) in [5.41, 5.74) is 0. The molecule has 0 saturated carbocycles. The zero-order valence-corrected chi connectivity index (χ0v) is 10.2. The SMILES string of the molecule is COc1ccnc(NCCCCN(C)C)n1. The van der Waals surface area contributed by atoms with E-state index in [0.29, 0.717) is 11.8 Å². The van der Waals surface area contributed by atoms with Gasteiger partial charge >= 0.3 is 0 Å². The normalized spacial score (nSPS) is 10.5. The predicted molar refractivity (Wildman–Crippen MR) is 64.9 cm³/mol. The van der Waals surface area contributed by atoms with Crippen molar-refractivity contribution in [3.63, 3.8) is 0 Å². The molecule has 1 N–H and O–H groups in total. The van der Waals surface area contributed by atoms with Crippen LogP contribution in [-0.4, -0.2) is 49.2 Å². The lowest BCUT2D eigenvalue weighted by molar-refractivity contribution is 0.395. The van der Waals surface area contributed by atoms with Crippen LogP contribution in [0.4, 0.5) is 5.95 Å². The molecule has 0 spiro atoms. The Morgan fingerprint density at radius 1 is 1.38 bits per heavy atom. The van der Waals surface area contributed by atoms with Crippen LogP contribution >= 0.6 is 0 Å². The summed E-state index contributed by atoms with van der Waals surface area (Å²) in [5.74, 6) is 1.22. The predicted octanol–water partition coefficient (Wildman–Crippen LogP) is 1.24. The molecular formula is C11H20N4O. The van der Waals surface area contributed by atoms with Gasteiger partial charge in [0.2, 0.25) is 11.8 Å². The van der Waals surface area contributed by atoms with Gasteiger partial charge in [0.05, 0.1) is 7.11 Å². The van der Waals surface area contributed by atoms with Gasteiger partial charge in [-0.25, -0.2) is 4.98 Å². The van der Waals surface area contributed by atoms with E-state index in [1.54, 1.807) is 19.4 Å². The van der Waals surface area contributed by atoms with Gasteiger partial charge in [-0.3, -0.25) is 0 Å². The molecule has 0 atom stereocenters. The van der Waals surface area contributed by atoms with E-state index in [1.165, 1.54) is 6.42 Å². The Kier molecular flexibility index (Phi) is 5.56. The van der Waals surface area contributed by atoms with E-state index >= 15 is 0 Å². The second-order valence-electron chi connectivity index (χ2n) is 3.86. The zero-order valence-electron chi connectivity index (χ0n) is 10.2. The third-order valence-corrected chi connectivity index (χ3v) is 2.15. The van der Waals surface area contributed by atoms with Crippen molar-refractivity contribution >= 4 is 5.95 Å². The first-order valence-corrected chi connectivity index (χ1v) is 5.48. The van der Waals surface area contributed by atoms with E-state index in [2.05, 4.69) is 34.3 Å². The first-order valence-electron chi connectivity index (χ1n) is 5.48. The van der Waals surface area contributed by atoms with Crippen molar-refractivity contribution in [2.24, 2.45) is 0 Å². The van der Waals surface area contributed by atoms with Crippen molar-refractivity contribution in [2.75, 3.05) is 39.6 Å². The average Bonchev–Trinajstić information content (AvgIpc) is 2.28. The molecular weight excluding hydrogens is 204 g/mol. The highest BCUT2D eigenvalue weighted by atomic mass is 16.5. The van der Waals surface area contributed by atoms with Crippen LogP contribution in [0.25, 0.3) is 0 Å². The Morgan fingerprint density at radius 3 is 2.88 bits per heavy atom. The smallest absolute Gasteiger partial charge is 0.225 e. The van der Waals surface area contributed by atoms with E-state index in [9.17, 15) is 0 Å². The van der Waals surface area contributed by atoms with Crippen LogP contribution in [0.1, 0.15) is 12.8 Å². The van der Waals surface area contributed by atoms with Crippen molar-refractivity contribution in [1.29, 1.82) is 0 Å². The highest BCUT2D eigenvalue weighted by molar-refractivity contribution is 5.26. The summed E-state index contributed by atoms with van der Waals surface area (Å²) in [6.07, 6.45) is 3.97. The van der Waals surface area contributed by atoms with Gasteiger partial charge < -0.3 is 15.0 Å². The Bertz CT molecular complexity index is 304. The number of methoxy groups -OCH3 is 1. The lowest BCUT2D eigenvalue weighted by Gasteiger charge is -2.09. The monoisotopic (exact) mass is 224 g/mol. The molecule has 5 heteroatoms. The van der Waals surface area contributed by atoms with Crippen molar-refractivity contribution in [3.8, 4) is 5.88 Å². The van der Waals surface area contributed by atoms with E-state index in [1.807, 2.05) is 0 Å². The molecule has 0 aliphatic carbocycles. The van der Waals surface area contributed by atoms with Crippen LogP contribution in [0.3, 0.4) is 0 Å². The van der Waals surface area contributed by atoms with E-state index < -0.39 is 0 Å². The van der Waals surface area contributed by atoms with Crippen LogP contribution in [0.2, 0.25) is 0 Å². The summed E-state index contributed by atoms with van der Waals surface area (Å²) < 4.78 is 5.02. The minimum absolute atomic E-state index is 0.589. The van der Waals surface area contributed by atoms with Crippen molar-refractivity contribution < 1.29 is 4.74 Å². The third-order valence-electron chi connectivity index (χ3n) is 2.15. The van der Waals surface area contributed by atoms with Gasteiger partial charge in [-0.2, -0.15) is 4.98 Å². The maximum atomic E-state index is 5.02. The van der Waals surface area contributed by atoms with Crippen molar-refractivity contribution in [1.82, 2.24) is 14.9 Å². The van der Waals surface area contributed by atoms with Gasteiger partial charge in [0.25, 0.3) is 0 Å². The summed E-state index contributed by atoms with van der Waals surface area (Å²) >= 11 is 0. The fourth-order valence-corrected chi connectivity index (χ4v) is 1.29. The van der Waals surface area contributed by atoms with Gasteiger partial charge in [0, 0.05) is 18.8 Å². The van der Waals surface area contributed by atoms with Gasteiger partial charge in [0.15, 0.2) is 0 Å². The summed E-state index contributed by atoms with van der Waals surface area (Å²) in [6.45, 7) is 2.00. The largest absolute Gasteiger partial charge is 0.481 e. The van der Waals surface area contributed by atoms with Crippen molar-refractivity contribution in [2.45, 2.75) is 12.8 Å². The number of ether oxygens (including phenoxy) is 1. The fourth-order valence-electron chi connectivity index (χ4n) is 1.29. The van der Waals surface area contributed by atoms with E-state index in [-0.39, 0.29) is 0 Å². The molecule has 1 aromatic heterocycles. The Hall–Kier alpha value is -1.36. The first-order chi connectivity index (χ1) is 7.72. The number of nitrogens with zero attached hydrogens (tertiary/aromatic N) is 3. The third kappa shape index (κ3) is 4.93. The summed E-state index contributed by atoms with van der Waals surface area (Å²) in [6, 6.07) is 1.73. The average molecular weight is 224 g/mol. The van der Waals surface area contributed by atoms with Crippen LogP contribution in [0.15, 0.2) is 12.3 Å². The van der Waals surface area contributed by atoms with Crippen LogP contribution in [-0.2, 0) is 0 Å². The number of anilines is 1. The fraction of sp³-hybridized carbons (Fsp3) is 0.636. The molecule has 0 saturated heterocycles. The molecule has 0 fully saturated rings. The standard InChI is InChI=1S/C11H20N4O/c1-15(2)9-5-4-7-12-11-13-8-6-10(14-11)16-3/h6,8H,4-5,7,9H2,1-3H3,(H,12,13,14). The summed E-state index contributed by atoms with van der Waals surface area (Å²) in [4.78, 5) is 10.5. The summed E-state index contributed by atoms with van der Waals surface area (Å²) in [7, 11) is 5.76. The van der Waals surface area contributed by atoms with Crippen LogP contribution in [0.5, 0.6) is 5.88 Å². The number of rotatable bonds is 7. The van der Waals surface area contributed by atoms with Gasteiger partial charge in [0.1, 0.15) is 0 Å². The van der Waals surface area contributed by atoms with Crippen molar-refractivity contribution in [3.05, 3.63) is 12.3 Å². The molecule has 0 aliphatic heterocycles. The molecule has 5 nitrogen and oxygen atoms in total. The van der Waals surface area contributed by atoms with E-state index in [4.69, 9.17) is 4.74 Å². The van der Waals surface area contributed by atoms with E-state index in [0.717, 1.165) is 19.5 Å². The Balaban J connectivity index is 2.21. The number of unbranched alkanes of at least 4 members (excludes halogenated alkanes) is 1. The van der Waals surface area contributed by atoms with Crippen LogP contribution in [0, 0.1) is 0 Å². The lowest BCUT2D eigenvalue weighted by Crippen LogP contribution is -2.14. The van der Waals surface area contributed by atoms with Gasteiger partial charge in [-0.1, -0.05) is 0 Å². The maximum Gasteiger partial charge on any atom is 0.225 e.